The minimum Gasteiger partial charge on any atom is -0.491 e. The Labute approximate surface area is 94.8 Å². The van der Waals surface area contributed by atoms with Crippen LogP contribution in [0.3, 0.4) is 0 Å². The quantitative estimate of drug-likeness (QED) is 0.749. The number of aryl methyl sites for hydroxylation is 1. The first-order chi connectivity index (χ1) is 7.59. The van der Waals surface area contributed by atoms with Crippen molar-refractivity contribution in [1.82, 2.24) is 0 Å². The van der Waals surface area contributed by atoms with E-state index in [1.54, 1.807) is 0 Å². The lowest BCUT2D eigenvalue weighted by Gasteiger charge is -2.09. The number of carboxylic acid groups (broad SMARTS) is 1. The predicted octanol–water partition coefficient (Wildman–Crippen LogP) is 1.86. The summed E-state index contributed by atoms with van der Waals surface area (Å²) in [5, 5.41) is 8.56. The third-order valence-corrected chi connectivity index (χ3v) is 2.09. The van der Waals surface area contributed by atoms with Crippen molar-refractivity contribution in [2.75, 3.05) is 13.2 Å². The smallest absolute Gasteiger partial charge is 0.332 e. The lowest BCUT2D eigenvalue weighted by atomic mass is 10.2. The molecular weight excluding hydrogens is 208 g/mol. The van der Waals surface area contributed by atoms with E-state index in [-0.39, 0.29) is 6.61 Å². The Kier molecular flexibility index (Phi) is 4.79. The monoisotopic (exact) mass is 224 g/mol. The summed E-state index contributed by atoms with van der Waals surface area (Å²) in [4.78, 5) is 10.4. The molecule has 4 heteroatoms. The van der Waals surface area contributed by atoms with Gasteiger partial charge in [-0.3, -0.25) is 0 Å². The second-order valence-electron chi connectivity index (χ2n) is 3.51. The molecule has 4 nitrogen and oxygen atoms in total. The summed E-state index contributed by atoms with van der Waals surface area (Å²) in [6.07, 6.45) is -0.790. The van der Waals surface area contributed by atoms with E-state index < -0.39 is 12.1 Å². The van der Waals surface area contributed by atoms with Crippen LogP contribution in [0.15, 0.2) is 24.3 Å². The van der Waals surface area contributed by atoms with E-state index in [0.717, 1.165) is 5.75 Å². The highest BCUT2D eigenvalue weighted by Crippen LogP contribution is 2.10. The Morgan fingerprint density at radius 1 is 1.31 bits per heavy atom. The average molecular weight is 224 g/mol. The highest BCUT2D eigenvalue weighted by Gasteiger charge is 2.09. The Bertz CT molecular complexity index is 331. The van der Waals surface area contributed by atoms with Crippen molar-refractivity contribution in [3.05, 3.63) is 29.8 Å². The van der Waals surface area contributed by atoms with Gasteiger partial charge in [0.25, 0.3) is 0 Å². The molecule has 88 valence electrons. The number of ether oxygens (including phenoxy) is 2. The molecule has 0 fully saturated rings. The van der Waals surface area contributed by atoms with Gasteiger partial charge in [0.15, 0.2) is 6.10 Å². The van der Waals surface area contributed by atoms with Crippen LogP contribution in [0.5, 0.6) is 5.75 Å². The summed E-state index contributed by atoms with van der Waals surface area (Å²) in [7, 11) is 0. The highest BCUT2D eigenvalue weighted by atomic mass is 16.5. The van der Waals surface area contributed by atoms with Crippen molar-refractivity contribution in [3.8, 4) is 5.75 Å². The molecular formula is C12H16O4. The fourth-order valence-corrected chi connectivity index (χ4v) is 1.09. The van der Waals surface area contributed by atoms with Crippen molar-refractivity contribution in [2.45, 2.75) is 20.0 Å². The molecule has 1 N–H and O–H groups in total. The zero-order valence-corrected chi connectivity index (χ0v) is 9.47. The molecule has 0 radical (unpaired) electrons. The maximum atomic E-state index is 10.4. The van der Waals surface area contributed by atoms with Crippen LogP contribution in [-0.4, -0.2) is 30.4 Å². The van der Waals surface area contributed by atoms with Gasteiger partial charge in [-0.15, -0.1) is 0 Å². The molecule has 1 aromatic carbocycles. The van der Waals surface area contributed by atoms with Crippen molar-refractivity contribution in [2.24, 2.45) is 0 Å². The molecule has 0 aliphatic carbocycles. The summed E-state index contributed by atoms with van der Waals surface area (Å²) < 4.78 is 10.4. The van der Waals surface area contributed by atoms with E-state index in [2.05, 4.69) is 0 Å². The van der Waals surface area contributed by atoms with Gasteiger partial charge >= 0.3 is 5.97 Å². The Balaban J connectivity index is 2.21. The van der Waals surface area contributed by atoms with Crippen LogP contribution in [-0.2, 0) is 9.53 Å². The topological polar surface area (TPSA) is 55.8 Å². The maximum absolute atomic E-state index is 10.4. The number of rotatable bonds is 6. The van der Waals surface area contributed by atoms with E-state index in [1.807, 2.05) is 31.2 Å². The average Bonchev–Trinajstić information content (AvgIpc) is 2.26. The molecule has 0 aromatic heterocycles. The van der Waals surface area contributed by atoms with Gasteiger partial charge < -0.3 is 14.6 Å². The van der Waals surface area contributed by atoms with Crippen LogP contribution >= 0.6 is 0 Å². The van der Waals surface area contributed by atoms with Gasteiger partial charge in [0.1, 0.15) is 12.4 Å². The second-order valence-corrected chi connectivity index (χ2v) is 3.51. The number of hydrogen-bond acceptors (Lipinski definition) is 3. The van der Waals surface area contributed by atoms with E-state index in [0.29, 0.717) is 6.61 Å². The number of aliphatic carboxylic acids is 1. The van der Waals surface area contributed by atoms with E-state index in [1.165, 1.54) is 12.5 Å². The third-order valence-electron chi connectivity index (χ3n) is 2.09. The zero-order chi connectivity index (χ0) is 12.0. The van der Waals surface area contributed by atoms with Crippen LogP contribution in [0, 0.1) is 6.92 Å². The molecule has 1 rings (SSSR count). The summed E-state index contributed by atoms with van der Waals surface area (Å²) in [5.41, 5.74) is 1.17. The Hall–Kier alpha value is -1.55. The molecule has 0 saturated carbocycles. The molecule has 1 atom stereocenters. The van der Waals surface area contributed by atoms with Gasteiger partial charge in [-0.25, -0.2) is 4.79 Å². The summed E-state index contributed by atoms with van der Waals surface area (Å²) >= 11 is 0. The molecule has 0 bridgehead atoms. The minimum atomic E-state index is -0.963. The molecule has 0 aliphatic heterocycles. The van der Waals surface area contributed by atoms with E-state index in [4.69, 9.17) is 14.6 Å². The van der Waals surface area contributed by atoms with Crippen LogP contribution in [0.4, 0.5) is 0 Å². The predicted molar refractivity (Wildman–Crippen MR) is 59.7 cm³/mol. The molecule has 0 heterocycles. The van der Waals surface area contributed by atoms with E-state index >= 15 is 0 Å². The number of carbonyl (C=O) groups is 1. The van der Waals surface area contributed by atoms with Gasteiger partial charge in [-0.05, 0) is 26.0 Å². The van der Waals surface area contributed by atoms with Crippen molar-refractivity contribution < 1.29 is 19.4 Å². The molecule has 1 aromatic rings. The Morgan fingerprint density at radius 3 is 2.50 bits per heavy atom. The van der Waals surface area contributed by atoms with Crippen LogP contribution < -0.4 is 4.74 Å². The molecule has 16 heavy (non-hydrogen) atoms. The number of carboxylic acids is 1. The molecule has 0 spiro atoms. The summed E-state index contributed by atoms with van der Waals surface area (Å²) in [5.74, 6) is -0.201. The Morgan fingerprint density at radius 2 is 1.94 bits per heavy atom. The molecule has 0 unspecified atom stereocenters. The van der Waals surface area contributed by atoms with Crippen LogP contribution in [0.25, 0.3) is 0 Å². The minimum absolute atomic E-state index is 0.265. The maximum Gasteiger partial charge on any atom is 0.332 e. The summed E-state index contributed by atoms with van der Waals surface area (Å²) in [6, 6.07) is 7.65. The van der Waals surface area contributed by atoms with Gasteiger partial charge in [0.2, 0.25) is 0 Å². The first kappa shape index (κ1) is 12.5. The fourth-order valence-electron chi connectivity index (χ4n) is 1.09. The SMILES string of the molecule is Cc1ccc(OCCO[C@H](C)C(=O)O)cc1. The van der Waals surface area contributed by atoms with Crippen molar-refractivity contribution in [1.29, 1.82) is 0 Å². The second kappa shape index (κ2) is 6.12. The summed E-state index contributed by atoms with van der Waals surface area (Å²) in [6.45, 7) is 4.11. The fraction of sp³-hybridized carbons (Fsp3) is 0.417. The molecule has 0 aliphatic rings. The van der Waals surface area contributed by atoms with Crippen molar-refractivity contribution in [3.63, 3.8) is 0 Å². The largest absolute Gasteiger partial charge is 0.491 e. The van der Waals surface area contributed by atoms with Crippen molar-refractivity contribution >= 4 is 5.97 Å². The van der Waals surface area contributed by atoms with Gasteiger partial charge in [-0.2, -0.15) is 0 Å². The normalized spacial score (nSPS) is 12.1. The van der Waals surface area contributed by atoms with Crippen LogP contribution in [0.1, 0.15) is 12.5 Å². The number of benzene rings is 1. The first-order valence-corrected chi connectivity index (χ1v) is 5.13. The van der Waals surface area contributed by atoms with Gasteiger partial charge in [0, 0.05) is 0 Å². The van der Waals surface area contributed by atoms with Gasteiger partial charge in [0.05, 0.1) is 6.61 Å². The first-order valence-electron chi connectivity index (χ1n) is 5.13. The lowest BCUT2D eigenvalue weighted by molar-refractivity contribution is -0.149. The molecule has 0 amide bonds. The van der Waals surface area contributed by atoms with Crippen LogP contribution in [0.2, 0.25) is 0 Å². The number of hydrogen-bond donors (Lipinski definition) is 1. The molecule has 0 saturated heterocycles. The lowest BCUT2D eigenvalue weighted by Crippen LogP contribution is -2.22. The standard InChI is InChI=1S/C12H16O4/c1-9-3-5-11(6-4-9)16-8-7-15-10(2)12(13)14/h3-6,10H,7-8H2,1-2H3,(H,13,14)/t10-/m1/s1. The highest BCUT2D eigenvalue weighted by molar-refractivity contribution is 5.71. The van der Waals surface area contributed by atoms with Gasteiger partial charge in [-0.1, -0.05) is 17.7 Å². The zero-order valence-electron chi connectivity index (χ0n) is 9.47. The van der Waals surface area contributed by atoms with E-state index in [9.17, 15) is 4.79 Å². The third kappa shape index (κ3) is 4.31.